The zero-order valence-electron chi connectivity index (χ0n) is 15.0. The van der Waals surface area contributed by atoms with Crippen molar-refractivity contribution < 1.29 is 4.79 Å². The highest BCUT2D eigenvalue weighted by Crippen LogP contribution is 2.29. The Kier molecular flexibility index (Phi) is 5.63. The number of nitrogens with zero attached hydrogens (tertiary/aromatic N) is 2. The molecule has 3 aromatic rings. The monoisotopic (exact) mass is 433 g/mol. The first-order valence-corrected chi connectivity index (χ1v) is 10.2. The molecule has 0 radical (unpaired) electrons. The number of aromatic nitrogens is 1. The molecule has 0 atom stereocenters. The summed E-state index contributed by atoms with van der Waals surface area (Å²) in [6, 6.07) is 13.0. The Morgan fingerprint density at radius 1 is 1.07 bits per heavy atom. The van der Waals surface area contributed by atoms with Crippen molar-refractivity contribution in [2.75, 3.05) is 18.0 Å². The second-order valence-corrected chi connectivity index (χ2v) is 8.06. The number of rotatable bonds is 3. The van der Waals surface area contributed by atoms with Crippen molar-refractivity contribution in [3.63, 3.8) is 0 Å². The van der Waals surface area contributed by atoms with E-state index < -0.39 is 0 Å². The number of anilines is 1. The number of piperidine rings is 1. The second kappa shape index (κ2) is 8.16. The molecule has 28 heavy (non-hydrogen) atoms. The van der Waals surface area contributed by atoms with Crippen LogP contribution in [0.4, 0.5) is 5.82 Å². The smallest absolute Gasteiger partial charge is 0.253 e. The summed E-state index contributed by atoms with van der Waals surface area (Å²) in [5, 5.41) is 6.61. The average Bonchev–Trinajstić information content (AvgIpc) is 2.70. The van der Waals surface area contributed by atoms with E-state index in [0.717, 1.165) is 42.5 Å². The van der Waals surface area contributed by atoms with Crippen molar-refractivity contribution >= 4 is 57.3 Å². The van der Waals surface area contributed by atoms with Crippen LogP contribution in [-0.4, -0.2) is 30.0 Å². The molecular weight excluding hydrogens is 417 g/mol. The Hall–Kier alpha value is -2.01. The number of amides is 1. The Morgan fingerprint density at radius 2 is 1.86 bits per heavy atom. The third kappa shape index (κ3) is 3.90. The summed E-state index contributed by atoms with van der Waals surface area (Å²) < 4.78 is 0. The highest BCUT2D eigenvalue weighted by atomic mass is 35.5. The quantitative estimate of drug-likeness (QED) is 0.584. The van der Waals surface area contributed by atoms with Crippen LogP contribution in [0.25, 0.3) is 10.8 Å². The minimum absolute atomic E-state index is 0.0863. The maximum Gasteiger partial charge on any atom is 0.253 e. The van der Waals surface area contributed by atoms with Gasteiger partial charge in [0.2, 0.25) is 0 Å². The van der Waals surface area contributed by atoms with Crippen LogP contribution in [0.15, 0.2) is 48.7 Å². The minimum atomic E-state index is -0.191. The maximum atomic E-state index is 12.6. The predicted molar refractivity (Wildman–Crippen MR) is 116 cm³/mol. The van der Waals surface area contributed by atoms with Crippen LogP contribution < -0.4 is 10.2 Å². The summed E-state index contributed by atoms with van der Waals surface area (Å²) in [5.74, 6) is 0.765. The third-order valence-electron chi connectivity index (χ3n) is 5.03. The van der Waals surface area contributed by atoms with E-state index in [2.05, 4.69) is 15.2 Å². The Bertz CT molecular complexity index is 1030. The standard InChI is InChI=1S/C21H18Cl3N3O/c22-14-4-5-16-13(12-14)6-9-25-20(16)27-10-7-15(8-11-27)26-21(28)17-2-1-3-18(23)19(17)24/h1-6,9,12,15H,7-8,10-11H2,(H,26,28). The van der Waals surface area contributed by atoms with Crippen molar-refractivity contribution in [3.8, 4) is 0 Å². The van der Waals surface area contributed by atoms with Gasteiger partial charge in [-0.2, -0.15) is 0 Å². The SMILES string of the molecule is O=C(NC1CCN(c2nccc3cc(Cl)ccc23)CC1)c1cccc(Cl)c1Cl. The molecule has 1 aromatic heterocycles. The summed E-state index contributed by atoms with van der Waals surface area (Å²) in [4.78, 5) is 19.4. The number of pyridine rings is 1. The van der Waals surface area contributed by atoms with Gasteiger partial charge in [0.05, 0.1) is 15.6 Å². The topological polar surface area (TPSA) is 45.2 Å². The highest BCUT2D eigenvalue weighted by molar-refractivity contribution is 6.43. The van der Waals surface area contributed by atoms with Gasteiger partial charge in [-0.15, -0.1) is 0 Å². The number of fused-ring (bicyclic) bond motifs is 1. The summed E-state index contributed by atoms with van der Waals surface area (Å²) >= 11 is 18.3. The minimum Gasteiger partial charge on any atom is -0.356 e. The van der Waals surface area contributed by atoms with Crippen LogP contribution in [0.2, 0.25) is 15.1 Å². The number of hydrogen-bond acceptors (Lipinski definition) is 3. The molecule has 4 rings (SSSR count). The zero-order chi connectivity index (χ0) is 19.7. The molecule has 0 bridgehead atoms. The first-order valence-electron chi connectivity index (χ1n) is 9.07. The molecule has 7 heteroatoms. The maximum absolute atomic E-state index is 12.6. The molecule has 4 nitrogen and oxygen atoms in total. The lowest BCUT2D eigenvalue weighted by atomic mass is 10.0. The van der Waals surface area contributed by atoms with E-state index in [-0.39, 0.29) is 17.0 Å². The zero-order valence-corrected chi connectivity index (χ0v) is 17.2. The van der Waals surface area contributed by atoms with Crippen LogP contribution in [0.5, 0.6) is 0 Å². The van der Waals surface area contributed by atoms with E-state index in [1.165, 1.54) is 0 Å². The van der Waals surface area contributed by atoms with Gasteiger partial charge in [0.1, 0.15) is 5.82 Å². The summed E-state index contributed by atoms with van der Waals surface area (Å²) in [6.45, 7) is 1.62. The highest BCUT2D eigenvalue weighted by Gasteiger charge is 2.24. The number of benzene rings is 2. The van der Waals surface area contributed by atoms with E-state index in [9.17, 15) is 4.79 Å². The van der Waals surface area contributed by atoms with Gasteiger partial charge >= 0.3 is 0 Å². The molecule has 0 spiro atoms. The number of nitrogens with one attached hydrogen (secondary N) is 1. The van der Waals surface area contributed by atoms with Gasteiger partial charge in [0.25, 0.3) is 5.91 Å². The fourth-order valence-electron chi connectivity index (χ4n) is 3.56. The molecule has 1 fully saturated rings. The molecular formula is C21H18Cl3N3O. The van der Waals surface area contributed by atoms with Crippen molar-refractivity contribution in [1.29, 1.82) is 0 Å². The van der Waals surface area contributed by atoms with Gasteiger partial charge in [-0.3, -0.25) is 4.79 Å². The van der Waals surface area contributed by atoms with Crippen LogP contribution >= 0.6 is 34.8 Å². The van der Waals surface area contributed by atoms with Crippen LogP contribution in [0, 0.1) is 0 Å². The van der Waals surface area contributed by atoms with E-state index >= 15 is 0 Å². The van der Waals surface area contributed by atoms with Gasteiger partial charge < -0.3 is 10.2 Å². The van der Waals surface area contributed by atoms with E-state index in [4.69, 9.17) is 34.8 Å². The third-order valence-corrected chi connectivity index (χ3v) is 6.09. The molecule has 0 aliphatic carbocycles. The lowest BCUT2D eigenvalue weighted by Gasteiger charge is -2.33. The van der Waals surface area contributed by atoms with Gasteiger partial charge in [0, 0.05) is 35.7 Å². The molecule has 1 saturated heterocycles. The lowest BCUT2D eigenvalue weighted by molar-refractivity contribution is 0.0931. The van der Waals surface area contributed by atoms with Gasteiger partial charge in [-0.05, 0) is 54.6 Å². The molecule has 1 aliphatic heterocycles. The second-order valence-electron chi connectivity index (χ2n) is 6.84. The van der Waals surface area contributed by atoms with Crippen LogP contribution in [0.1, 0.15) is 23.2 Å². The average molecular weight is 435 g/mol. The summed E-state index contributed by atoms with van der Waals surface area (Å²) in [7, 11) is 0. The lowest BCUT2D eigenvalue weighted by Crippen LogP contribution is -2.45. The number of halogens is 3. The van der Waals surface area contributed by atoms with Crippen LogP contribution in [0.3, 0.4) is 0 Å². The number of hydrogen-bond donors (Lipinski definition) is 1. The van der Waals surface area contributed by atoms with Gasteiger partial charge in [-0.25, -0.2) is 4.98 Å². The molecule has 1 amide bonds. The Balaban J connectivity index is 1.44. The molecule has 0 saturated carbocycles. The van der Waals surface area contributed by atoms with E-state index in [0.29, 0.717) is 15.6 Å². The molecule has 2 heterocycles. The fourth-order valence-corrected chi connectivity index (χ4v) is 4.13. The summed E-state index contributed by atoms with van der Waals surface area (Å²) in [5.41, 5.74) is 0.407. The van der Waals surface area contributed by atoms with Gasteiger partial charge in [-0.1, -0.05) is 40.9 Å². The number of carbonyl (C=O) groups is 1. The van der Waals surface area contributed by atoms with Gasteiger partial charge in [0.15, 0.2) is 0 Å². The molecule has 144 valence electrons. The van der Waals surface area contributed by atoms with Crippen molar-refractivity contribution in [2.45, 2.75) is 18.9 Å². The molecule has 2 aromatic carbocycles. The fraction of sp³-hybridized carbons (Fsp3) is 0.238. The predicted octanol–water partition coefficient (Wildman–Crippen LogP) is 5.59. The summed E-state index contributed by atoms with van der Waals surface area (Å²) in [6.07, 6.45) is 3.47. The molecule has 1 aliphatic rings. The van der Waals surface area contributed by atoms with Crippen molar-refractivity contribution in [3.05, 3.63) is 69.3 Å². The first-order chi connectivity index (χ1) is 13.5. The largest absolute Gasteiger partial charge is 0.356 e. The normalized spacial score (nSPS) is 15.0. The molecule has 1 N–H and O–H groups in total. The van der Waals surface area contributed by atoms with E-state index in [1.807, 2.05) is 30.5 Å². The number of carbonyl (C=O) groups excluding carboxylic acids is 1. The molecule has 0 unspecified atom stereocenters. The van der Waals surface area contributed by atoms with Crippen molar-refractivity contribution in [2.24, 2.45) is 0 Å². The van der Waals surface area contributed by atoms with Crippen LogP contribution in [-0.2, 0) is 0 Å². The van der Waals surface area contributed by atoms with E-state index in [1.54, 1.807) is 18.2 Å². The Morgan fingerprint density at radius 3 is 2.64 bits per heavy atom. The first kappa shape index (κ1) is 19.3. The Labute approximate surface area is 178 Å². The van der Waals surface area contributed by atoms with Crippen molar-refractivity contribution in [1.82, 2.24) is 10.3 Å².